The summed E-state index contributed by atoms with van der Waals surface area (Å²) in [5, 5.41) is 0. The molecule has 0 amide bonds. The Balaban J connectivity index is 0.000000597. The normalized spacial score (nSPS) is 24.6. The van der Waals surface area contributed by atoms with Crippen molar-refractivity contribution in [1.29, 1.82) is 0 Å². The molecule has 0 radical (unpaired) electrons. The first-order valence-electron chi connectivity index (χ1n) is 9.84. The summed E-state index contributed by atoms with van der Waals surface area (Å²) in [4.78, 5) is 9.18. The predicted octanol–water partition coefficient (Wildman–Crippen LogP) is 4.48. The van der Waals surface area contributed by atoms with Crippen molar-refractivity contribution >= 4 is 6.47 Å². The van der Waals surface area contributed by atoms with E-state index < -0.39 is 0 Å². The summed E-state index contributed by atoms with van der Waals surface area (Å²) in [6.07, 6.45) is 5.50. The van der Waals surface area contributed by atoms with Crippen LogP contribution in [0.3, 0.4) is 0 Å². The third kappa shape index (κ3) is 5.85. The monoisotopic (exact) mass is 368 g/mol. The van der Waals surface area contributed by atoms with Crippen LogP contribution in [0.4, 0.5) is 0 Å². The molecule has 3 unspecified atom stereocenters. The van der Waals surface area contributed by atoms with Gasteiger partial charge in [0, 0.05) is 25.6 Å². The van der Waals surface area contributed by atoms with Gasteiger partial charge in [0.25, 0.3) is 6.47 Å². The van der Waals surface area contributed by atoms with Crippen LogP contribution in [-0.2, 0) is 23.7 Å². The zero-order valence-corrected chi connectivity index (χ0v) is 17.2. The number of hydrogen-bond donors (Lipinski definition) is 0. The van der Waals surface area contributed by atoms with Crippen molar-refractivity contribution in [2.45, 2.75) is 60.2 Å². The van der Waals surface area contributed by atoms with E-state index in [9.17, 15) is 4.79 Å². The average Bonchev–Trinajstić information content (AvgIpc) is 3.00. The summed E-state index contributed by atoms with van der Waals surface area (Å²) in [5.74, 6) is 2.64. The number of rotatable bonds is 9. The minimum Gasteiger partial charge on any atom is -0.501 e. The fourth-order valence-corrected chi connectivity index (χ4v) is 3.98. The minimum atomic E-state index is -0.0997. The van der Waals surface area contributed by atoms with Gasteiger partial charge >= 0.3 is 0 Å². The van der Waals surface area contributed by atoms with Crippen molar-refractivity contribution in [2.24, 2.45) is 17.8 Å². The Morgan fingerprint density at radius 2 is 1.77 bits per heavy atom. The number of allylic oxidation sites excluding steroid dienone is 4. The smallest absolute Gasteiger partial charge is 0.293 e. The van der Waals surface area contributed by atoms with Gasteiger partial charge in [-0.3, -0.25) is 4.79 Å². The number of carbonyl (C=O) groups is 1. The van der Waals surface area contributed by atoms with E-state index in [0.717, 1.165) is 19.3 Å². The second-order valence-corrected chi connectivity index (χ2v) is 6.63. The molecule has 2 rings (SSSR count). The van der Waals surface area contributed by atoms with Gasteiger partial charge in [-0.05, 0) is 56.6 Å². The molecule has 1 fully saturated rings. The second-order valence-electron chi connectivity index (χ2n) is 6.63. The molecule has 0 N–H and O–H groups in total. The third-order valence-corrected chi connectivity index (χ3v) is 4.92. The zero-order chi connectivity index (χ0) is 19.5. The summed E-state index contributed by atoms with van der Waals surface area (Å²) in [5.41, 5.74) is 2.90. The molecule has 0 spiro atoms. The Bertz CT molecular complexity index is 477. The number of fused-ring (bicyclic) bond motifs is 1. The van der Waals surface area contributed by atoms with Gasteiger partial charge in [-0.25, -0.2) is 0 Å². The molecule has 3 atom stereocenters. The van der Waals surface area contributed by atoms with E-state index in [2.05, 4.69) is 24.7 Å². The lowest BCUT2D eigenvalue weighted by Gasteiger charge is -2.28. The van der Waals surface area contributed by atoms with Gasteiger partial charge in [0.1, 0.15) is 0 Å². The Morgan fingerprint density at radius 1 is 1.12 bits per heavy atom. The Morgan fingerprint density at radius 3 is 2.19 bits per heavy atom. The third-order valence-electron chi connectivity index (χ3n) is 4.92. The molecule has 0 aromatic rings. The first-order valence-corrected chi connectivity index (χ1v) is 9.84. The molecule has 0 aromatic carbocycles. The zero-order valence-electron chi connectivity index (χ0n) is 17.2. The summed E-state index contributed by atoms with van der Waals surface area (Å²) in [6.45, 7) is 12.7. The molecule has 0 saturated heterocycles. The molecule has 2 aliphatic carbocycles. The molecule has 0 aliphatic heterocycles. The van der Waals surface area contributed by atoms with Crippen molar-refractivity contribution in [2.75, 3.05) is 26.9 Å². The van der Waals surface area contributed by atoms with Crippen LogP contribution in [0.2, 0.25) is 0 Å². The van der Waals surface area contributed by atoms with Crippen molar-refractivity contribution in [3.63, 3.8) is 0 Å². The van der Waals surface area contributed by atoms with E-state index in [1.165, 1.54) is 16.9 Å². The fraction of sp³-hybridized carbons (Fsp3) is 0.762. The van der Waals surface area contributed by atoms with Crippen molar-refractivity contribution < 1.29 is 23.7 Å². The molecule has 0 aromatic heterocycles. The topological polar surface area (TPSA) is 54.0 Å². The molecule has 1 saturated carbocycles. The Labute approximate surface area is 158 Å². The van der Waals surface area contributed by atoms with Crippen LogP contribution in [-0.4, -0.2) is 39.7 Å². The van der Waals surface area contributed by atoms with Crippen LogP contribution < -0.4 is 0 Å². The van der Waals surface area contributed by atoms with Gasteiger partial charge in [-0.1, -0.05) is 19.9 Å². The van der Waals surface area contributed by atoms with Crippen LogP contribution in [0.1, 0.15) is 53.9 Å². The van der Waals surface area contributed by atoms with E-state index in [1.807, 2.05) is 13.8 Å². The highest BCUT2D eigenvalue weighted by Crippen LogP contribution is 2.49. The quantitative estimate of drug-likeness (QED) is 0.444. The maximum absolute atomic E-state index is 9.18. The standard InChI is InChI=1S/C18H30O3.C3H6O2/c1-6-14-15(18(20-7-2)21-8-3)11-13-9-12(4)10-16(19-5)17(13)14;1-2-5-3-4/h9,12,14-15,18H,6-8,10-11H2,1-5H3;3H,2H2,1H3. The highest BCUT2D eigenvalue weighted by atomic mass is 16.7. The number of ether oxygens (including phenoxy) is 4. The maximum atomic E-state index is 9.18. The second kappa shape index (κ2) is 12.1. The van der Waals surface area contributed by atoms with Crippen molar-refractivity contribution in [3.8, 4) is 0 Å². The van der Waals surface area contributed by atoms with E-state index in [0.29, 0.717) is 44.0 Å². The largest absolute Gasteiger partial charge is 0.501 e. The van der Waals surface area contributed by atoms with Gasteiger partial charge in [-0.15, -0.1) is 0 Å². The summed E-state index contributed by atoms with van der Waals surface area (Å²) in [6, 6.07) is 0. The highest BCUT2D eigenvalue weighted by molar-refractivity contribution is 5.44. The van der Waals surface area contributed by atoms with Crippen LogP contribution in [0.5, 0.6) is 0 Å². The number of carbonyl (C=O) groups excluding carboxylic acids is 1. The number of methoxy groups -OCH3 is 1. The van der Waals surface area contributed by atoms with Crippen molar-refractivity contribution in [1.82, 2.24) is 0 Å². The van der Waals surface area contributed by atoms with Crippen LogP contribution in [0.15, 0.2) is 23.0 Å². The first kappa shape index (κ1) is 22.7. The number of hydrogen-bond acceptors (Lipinski definition) is 5. The molecule has 0 heterocycles. The van der Waals surface area contributed by atoms with Gasteiger partial charge < -0.3 is 18.9 Å². The molecule has 26 heavy (non-hydrogen) atoms. The van der Waals surface area contributed by atoms with E-state index in [1.54, 1.807) is 14.0 Å². The minimum absolute atomic E-state index is 0.0997. The predicted molar refractivity (Wildman–Crippen MR) is 103 cm³/mol. The maximum Gasteiger partial charge on any atom is 0.293 e. The van der Waals surface area contributed by atoms with Crippen LogP contribution in [0.25, 0.3) is 0 Å². The lowest BCUT2D eigenvalue weighted by molar-refractivity contribution is -0.172. The van der Waals surface area contributed by atoms with Crippen LogP contribution >= 0.6 is 0 Å². The molecule has 5 nitrogen and oxygen atoms in total. The Hall–Kier alpha value is -1.33. The van der Waals surface area contributed by atoms with E-state index >= 15 is 0 Å². The molecule has 150 valence electrons. The first-order chi connectivity index (χ1) is 12.6. The van der Waals surface area contributed by atoms with Crippen LogP contribution in [0, 0.1) is 17.8 Å². The van der Waals surface area contributed by atoms with E-state index in [-0.39, 0.29) is 6.29 Å². The summed E-state index contributed by atoms with van der Waals surface area (Å²) < 4.78 is 21.6. The van der Waals surface area contributed by atoms with Gasteiger partial charge in [0.15, 0.2) is 6.29 Å². The SMILES string of the molecule is CCOC(OCC)C1CC2=CC(C)CC(OC)=C2C1CC.CCOC=O. The lowest BCUT2D eigenvalue weighted by atomic mass is 9.85. The Kier molecular flexibility index (Phi) is 10.6. The van der Waals surface area contributed by atoms with Gasteiger partial charge in [0.2, 0.25) is 0 Å². The molecular formula is C21H36O5. The van der Waals surface area contributed by atoms with Crippen molar-refractivity contribution in [3.05, 3.63) is 23.0 Å². The summed E-state index contributed by atoms with van der Waals surface area (Å²) >= 11 is 0. The molecular weight excluding hydrogens is 332 g/mol. The van der Waals surface area contributed by atoms with E-state index in [4.69, 9.17) is 14.2 Å². The van der Waals surface area contributed by atoms with Gasteiger partial charge in [-0.2, -0.15) is 0 Å². The fourth-order valence-electron chi connectivity index (χ4n) is 3.98. The lowest BCUT2D eigenvalue weighted by Crippen LogP contribution is -2.30. The highest BCUT2D eigenvalue weighted by Gasteiger charge is 2.42. The van der Waals surface area contributed by atoms with Gasteiger partial charge in [0.05, 0.1) is 19.5 Å². The molecule has 0 bridgehead atoms. The summed E-state index contributed by atoms with van der Waals surface area (Å²) in [7, 11) is 1.81. The molecule has 5 heteroatoms. The average molecular weight is 369 g/mol. The molecule has 2 aliphatic rings.